The van der Waals surface area contributed by atoms with Gasteiger partial charge in [-0.3, -0.25) is 0 Å². The second kappa shape index (κ2) is 6.50. The Morgan fingerprint density at radius 3 is 2.75 bits per heavy atom. The molecule has 0 atom stereocenters. The second-order valence-corrected chi connectivity index (χ2v) is 4.37. The van der Waals surface area contributed by atoms with Crippen LogP contribution in [0.25, 0.3) is 0 Å². The number of carbonyl (C=O) groups excluding carboxylic acids is 1. The fourth-order valence-electron chi connectivity index (χ4n) is 1.47. The minimum atomic E-state index is -1.17. The molecule has 0 bridgehead atoms. The van der Waals surface area contributed by atoms with Gasteiger partial charge in [0.15, 0.2) is 0 Å². The molecule has 1 aromatic heterocycles. The fraction of sp³-hybridized carbons (Fsp3) is 0.545. The van der Waals surface area contributed by atoms with Gasteiger partial charge in [0, 0.05) is 0 Å². The lowest BCUT2D eigenvalue weighted by molar-refractivity contribution is -0.896. The number of rotatable bonds is 7. The van der Waals surface area contributed by atoms with Crippen molar-refractivity contribution >= 4 is 17.3 Å². The number of carboxylic acids is 1. The van der Waals surface area contributed by atoms with Crippen LogP contribution in [0.5, 0.6) is 5.75 Å². The Morgan fingerprint density at radius 2 is 2.19 bits per heavy atom. The third-order valence-corrected chi connectivity index (χ3v) is 3.40. The van der Waals surface area contributed by atoms with Crippen LogP contribution in [-0.4, -0.2) is 32.2 Å². The maximum Gasteiger partial charge on any atom is 0.139 e. The predicted molar refractivity (Wildman–Crippen MR) is 61.1 cm³/mol. The van der Waals surface area contributed by atoms with E-state index in [1.165, 1.54) is 4.90 Å². The standard InChI is InChI=1S/C11H17NO3S/c1-3-12(4-2)6-7-15-9-5-8-16-10(9)11(13)14/h5,8H,3-4,6-7H2,1-2H3,(H,13,14). The highest BCUT2D eigenvalue weighted by atomic mass is 32.1. The van der Waals surface area contributed by atoms with Crippen molar-refractivity contribution < 1.29 is 19.5 Å². The van der Waals surface area contributed by atoms with E-state index in [2.05, 4.69) is 13.8 Å². The van der Waals surface area contributed by atoms with Crippen molar-refractivity contribution in [2.45, 2.75) is 13.8 Å². The zero-order valence-electron chi connectivity index (χ0n) is 9.62. The van der Waals surface area contributed by atoms with Crippen LogP contribution < -0.4 is 14.7 Å². The number of thiophene rings is 1. The summed E-state index contributed by atoms with van der Waals surface area (Å²) in [6.07, 6.45) is 0. The summed E-state index contributed by atoms with van der Waals surface area (Å²) in [6.45, 7) is 7.77. The Kier molecular flexibility index (Phi) is 5.28. The average Bonchev–Trinajstić information content (AvgIpc) is 2.72. The SMILES string of the molecule is CC[NH+](CC)CCOc1ccsc1C(=O)[O-]. The van der Waals surface area contributed by atoms with Gasteiger partial charge in [0.2, 0.25) is 0 Å². The van der Waals surface area contributed by atoms with E-state index in [0.717, 1.165) is 31.0 Å². The highest BCUT2D eigenvalue weighted by Crippen LogP contribution is 2.23. The molecular formula is C11H17NO3S. The summed E-state index contributed by atoms with van der Waals surface area (Å²) in [5.74, 6) is -0.739. The first-order valence-electron chi connectivity index (χ1n) is 5.44. The summed E-state index contributed by atoms with van der Waals surface area (Å²) in [7, 11) is 0. The number of ether oxygens (including phenoxy) is 1. The van der Waals surface area contributed by atoms with Crippen LogP contribution in [0.3, 0.4) is 0 Å². The number of carboxylic acid groups (broad SMARTS) is 1. The molecule has 0 saturated carbocycles. The number of quaternary nitrogens is 1. The molecule has 0 saturated heterocycles. The summed E-state index contributed by atoms with van der Waals surface area (Å²) in [4.78, 5) is 12.3. The van der Waals surface area contributed by atoms with Gasteiger partial charge in [-0.15, -0.1) is 11.3 Å². The Labute approximate surface area is 99.5 Å². The molecule has 0 radical (unpaired) electrons. The van der Waals surface area contributed by atoms with Crippen molar-refractivity contribution in [2.24, 2.45) is 0 Å². The smallest absolute Gasteiger partial charge is 0.139 e. The maximum absolute atomic E-state index is 10.7. The van der Waals surface area contributed by atoms with E-state index in [1.807, 2.05) is 0 Å². The Hall–Kier alpha value is -1.07. The van der Waals surface area contributed by atoms with Crippen LogP contribution in [0.2, 0.25) is 0 Å². The van der Waals surface area contributed by atoms with Crippen LogP contribution in [0.1, 0.15) is 23.5 Å². The first-order valence-corrected chi connectivity index (χ1v) is 6.32. The van der Waals surface area contributed by atoms with Crippen molar-refractivity contribution in [1.82, 2.24) is 0 Å². The third-order valence-electron chi connectivity index (χ3n) is 2.53. The monoisotopic (exact) mass is 243 g/mol. The number of hydrogen-bond donors (Lipinski definition) is 1. The fourth-order valence-corrected chi connectivity index (χ4v) is 2.14. The van der Waals surface area contributed by atoms with Gasteiger partial charge < -0.3 is 19.5 Å². The van der Waals surface area contributed by atoms with Crippen LogP contribution >= 0.6 is 11.3 Å². The molecule has 1 rings (SSSR count). The van der Waals surface area contributed by atoms with E-state index < -0.39 is 5.97 Å². The van der Waals surface area contributed by atoms with E-state index in [9.17, 15) is 9.90 Å². The lowest BCUT2D eigenvalue weighted by Crippen LogP contribution is -3.12. The minimum absolute atomic E-state index is 0.176. The summed E-state index contributed by atoms with van der Waals surface area (Å²) in [5, 5.41) is 12.4. The molecule has 4 nitrogen and oxygen atoms in total. The molecule has 0 aliphatic rings. The molecule has 0 unspecified atom stereocenters. The zero-order valence-corrected chi connectivity index (χ0v) is 10.4. The van der Waals surface area contributed by atoms with Crippen LogP contribution in [0.15, 0.2) is 11.4 Å². The van der Waals surface area contributed by atoms with Gasteiger partial charge in [0.1, 0.15) is 18.9 Å². The van der Waals surface area contributed by atoms with Gasteiger partial charge >= 0.3 is 0 Å². The number of carbonyl (C=O) groups is 1. The summed E-state index contributed by atoms with van der Waals surface area (Å²) >= 11 is 1.13. The molecule has 0 aliphatic heterocycles. The van der Waals surface area contributed by atoms with Crippen LogP contribution in [0, 0.1) is 0 Å². The van der Waals surface area contributed by atoms with Crippen molar-refractivity contribution in [3.63, 3.8) is 0 Å². The van der Waals surface area contributed by atoms with Crippen molar-refractivity contribution in [3.05, 3.63) is 16.3 Å². The average molecular weight is 243 g/mol. The number of hydrogen-bond acceptors (Lipinski definition) is 4. The third kappa shape index (κ3) is 3.50. The molecule has 90 valence electrons. The number of aromatic carboxylic acids is 1. The summed E-state index contributed by atoms with van der Waals surface area (Å²) < 4.78 is 5.44. The van der Waals surface area contributed by atoms with Crippen LogP contribution in [0.4, 0.5) is 0 Å². The molecule has 16 heavy (non-hydrogen) atoms. The topological polar surface area (TPSA) is 53.8 Å². The predicted octanol–water partition coefficient (Wildman–Crippen LogP) is -0.585. The van der Waals surface area contributed by atoms with Crippen LogP contribution in [-0.2, 0) is 0 Å². The molecule has 0 amide bonds. The van der Waals surface area contributed by atoms with Crippen molar-refractivity contribution in [1.29, 1.82) is 0 Å². The molecule has 0 aromatic carbocycles. The lowest BCUT2D eigenvalue weighted by atomic mass is 10.4. The van der Waals surface area contributed by atoms with Gasteiger partial charge in [0.25, 0.3) is 0 Å². The molecular weight excluding hydrogens is 226 g/mol. The molecule has 0 spiro atoms. The molecule has 5 heteroatoms. The minimum Gasteiger partial charge on any atom is -0.544 e. The second-order valence-electron chi connectivity index (χ2n) is 3.46. The Bertz CT molecular complexity index is 334. The molecule has 1 N–H and O–H groups in total. The number of likely N-dealkylation sites (N-methyl/N-ethyl adjacent to an activating group) is 1. The van der Waals surface area contributed by atoms with E-state index in [-0.39, 0.29) is 4.88 Å². The largest absolute Gasteiger partial charge is 0.544 e. The van der Waals surface area contributed by atoms with Crippen molar-refractivity contribution in [3.8, 4) is 5.75 Å². The van der Waals surface area contributed by atoms with E-state index in [1.54, 1.807) is 11.4 Å². The van der Waals surface area contributed by atoms with E-state index in [4.69, 9.17) is 4.74 Å². The molecule has 1 heterocycles. The van der Waals surface area contributed by atoms with E-state index >= 15 is 0 Å². The Morgan fingerprint density at radius 1 is 1.50 bits per heavy atom. The normalized spacial score (nSPS) is 10.7. The summed E-state index contributed by atoms with van der Waals surface area (Å²) in [5.41, 5.74) is 0. The maximum atomic E-state index is 10.7. The number of nitrogens with one attached hydrogen (secondary N) is 1. The highest BCUT2D eigenvalue weighted by Gasteiger charge is 2.08. The molecule has 0 aliphatic carbocycles. The summed E-state index contributed by atoms with van der Waals surface area (Å²) in [6, 6.07) is 1.67. The quantitative estimate of drug-likeness (QED) is 0.697. The lowest BCUT2D eigenvalue weighted by Gasteiger charge is -2.15. The Balaban J connectivity index is 2.42. The van der Waals surface area contributed by atoms with Crippen molar-refractivity contribution in [2.75, 3.05) is 26.2 Å². The molecule has 1 aromatic rings. The van der Waals surface area contributed by atoms with Gasteiger partial charge in [-0.05, 0) is 25.3 Å². The van der Waals surface area contributed by atoms with Gasteiger partial charge in [0.05, 0.1) is 23.9 Å². The highest BCUT2D eigenvalue weighted by molar-refractivity contribution is 7.12. The van der Waals surface area contributed by atoms with Gasteiger partial charge in [-0.1, -0.05) is 0 Å². The van der Waals surface area contributed by atoms with Gasteiger partial charge in [-0.2, -0.15) is 0 Å². The molecule has 0 fully saturated rings. The zero-order chi connectivity index (χ0) is 12.0. The first-order chi connectivity index (χ1) is 7.69. The van der Waals surface area contributed by atoms with Gasteiger partial charge in [-0.25, -0.2) is 0 Å². The first kappa shape index (κ1) is 13.0. The van der Waals surface area contributed by atoms with E-state index in [0.29, 0.717) is 12.4 Å².